The summed E-state index contributed by atoms with van der Waals surface area (Å²) in [4.78, 5) is 39.0. The second kappa shape index (κ2) is 10.4. The molecule has 0 radical (unpaired) electrons. The lowest BCUT2D eigenvalue weighted by Gasteiger charge is -2.12. The minimum atomic E-state index is -0.759. The van der Waals surface area contributed by atoms with Crippen LogP contribution in [0.5, 0.6) is 17.2 Å². The van der Waals surface area contributed by atoms with Crippen molar-refractivity contribution in [2.45, 2.75) is 0 Å². The summed E-state index contributed by atoms with van der Waals surface area (Å²) in [6, 6.07) is 23.3. The normalized spacial score (nSPS) is 10.7. The maximum Gasteiger partial charge on any atom is 0.343 e. The van der Waals surface area contributed by atoms with Crippen LogP contribution in [-0.2, 0) is 0 Å². The van der Waals surface area contributed by atoms with Crippen molar-refractivity contribution in [1.82, 2.24) is 0 Å². The van der Waals surface area contributed by atoms with Gasteiger partial charge in [0, 0.05) is 23.0 Å². The summed E-state index contributed by atoms with van der Waals surface area (Å²) in [6.07, 6.45) is 0. The second-order valence-electron chi connectivity index (χ2n) is 8.50. The molecule has 0 atom stereocenters. The lowest BCUT2D eigenvalue weighted by molar-refractivity contribution is 0.0722. The third-order valence-corrected chi connectivity index (χ3v) is 5.87. The first kappa shape index (κ1) is 25.1. The Hall–Kier alpha value is -5.57. The minimum Gasteiger partial charge on any atom is -0.497 e. The molecular weight excluding hydrogens is 500 g/mol. The quantitative estimate of drug-likeness (QED) is 0.177. The summed E-state index contributed by atoms with van der Waals surface area (Å²) >= 11 is 0. The highest BCUT2D eigenvalue weighted by molar-refractivity contribution is 5.94. The maximum atomic E-state index is 13.6. The molecule has 1 heterocycles. The molecule has 4 aromatic carbocycles. The average molecular weight is 523 g/mol. The number of carbonyl (C=O) groups excluding carboxylic acids is 2. The fourth-order valence-electron chi connectivity index (χ4n) is 3.80. The number of esters is 2. The number of hydrogen-bond donors (Lipinski definition) is 2. The zero-order chi connectivity index (χ0) is 27.5. The van der Waals surface area contributed by atoms with Crippen LogP contribution in [0, 0.1) is 0 Å². The molecule has 0 aliphatic heterocycles. The highest BCUT2D eigenvalue weighted by atomic mass is 16.5. The molecule has 0 fully saturated rings. The van der Waals surface area contributed by atoms with Crippen molar-refractivity contribution in [1.29, 1.82) is 0 Å². The number of rotatable bonds is 6. The first-order chi connectivity index (χ1) is 18.8. The Balaban J connectivity index is 1.57. The molecule has 1 aromatic heterocycles. The Morgan fingerprint density at radius 2 is 1.23 bits per heavy atom. The third kappa shape index (κ3) is 5.28. The summed E-state index contributed by atoms with van der Waals surface area (Å²) in [5.41, 5.74) is 12.9. The molecule has 9 nitrogen and oxygen atoms in total. The van der Waals surface area contributed by atoms with E-state index in [-0.39, 0.29) is 33.8 Å². The minimum absolute atomic E-state index is 0.0148. The third-order valence-electron chi connectivity index (χ3n) is 5.87. The molecule has 0 saturated carbocycles. The standard InChI is InChI=1S/C30H22N2O7/c1-36-22-12-6-17(7-13-22)27-28(39-30(35)19-4-10-21(32)11-5-19)26(33)24-15-14-23(16-25(24)38-27)37-29(34)18-2-8-20(31)9-3-18/h2-16H,31-32H2,1H3. The van der Waals surface area contributed by atoms with Crippen molar-refractivity contribution in [3.05, 3.63) is 112 Å². The molecule has 39 heavy (non-hydrogen) atoms. The van der Waals surface area contributed by atoms with E-state index in [0.717, 1.165) is 0 Å². The van der Waals surface area contributed by atoms with Gasteiger partial charge in [0.1, 0.15) is 17.1 Å². The van der Waals surface area contributed by atoms with Gasteiger partial charge < -0.3 is 30.1 Å². The molecule has 0 bridgehead atoms. The van der Waals surface area contributed by atoms with E-state index in [0.29, 0.717) is 28.3 Å². The molecular formula is C30H22N2O7. The predicted octanol–water partition coefficient (Wildman–Crippen LogP) is 5.07. The molecule has 0 aliphatic rings. The molecule has 0 aliphatic carbocycles. The van der Waals surface area contributed by atoms with E-state index in [2.05, 4.69) is 0 Å². The van der Waals surface area contributed by atoms with Crippen LogP contribution < -0.4 is 31.1 Å². The Morgan fingerprint density at radius 3 is 1.79 bits per heavy atom. The number of benzene rings is 4. The molecule has 4 N–H and O–H groups in total. The number of ether oxygens (including phenoxy) is 3. The van der Waals surface area contributed by atoms with E-state index in [1.807, 2.05) is 0 Å². The van der Waals surface area contributed by atoms with Gasteiger partial charge in [-0.3, -0.25) is 4.79 Å². The van der Waals surface area contributed by atoms with Crippen molar-refractivity contribution in [2.75, 3.05) is 18.6 Å². The van der Waals surface area contributed by atoms with Gasteiger partial charge in [-0.25, -0.2) is 9.59 Å². The smallest absolute Gasteiger partial charge is 0.343 e. The van der Waals surface area contributed by atoms with Crippen LogP contribution in [0.1, 0.15) is 20.7 Å². The molecule has 0 saturated heterocycles. The Kier molecular flexibility index (Phi) is 6.71. The summed E-state index contributed by atoms with van der Waals surface area (Å²) in [6.45, 7) is 0. The van der Waals surface area contributed by atoms with Crippen LogP contribution in [-0.4, -0.2) is 19.0 Å². The van der Waals surface area contributed by atoms with Crippen molar-refractivity contribution >= 4 is 34.3 Å². The Morgan fingerprint density at radius 1 is 0.692 bits per heavy atom. The van der Waals surface area contributed by atoms with Gasteiger partial charge in [0.15, 0.2) is 5.76 Å². The van der Waals surface area contributed by atoms with Gasteiger partial charge >= 0.3 is 11.9 Å². The van der Waals surface area contributed by atoms with E-state index in [1.165, 1.54) is 37.4 Å². The van der Waals surface area contributed by atoms with E-state index in [9.17, 15) is 14.4 Å². The van der Waals surface area contributed by atoms with Crippen LogP contribution in [0.15, 0.2) is 100 Å². The van der Waals surface area contributed by atoms with E-state index in [1.54, 1.807) is 60.7 Å². The van der Waals surface area contributed by atoms with Crippen LogP contribution >= 0.6 is 0 Å². The number of hydrogen-bond acceptors (Lipinski definition) is 9. The van der Waals surface area contributed by atoms with Gasteiger partial charge in [0.2, 0.25) is 11.2 Å². The second-order valence-corrected chi connectivity index (χ2v) is 8.50. The van der Waals surface area contributed by atoms with E-state index < -0.39 is 17.4 Å². The van der Waals surface area contributed by atoms with Gasteiger partial charge in [0.25, 0.3) is 0 Å². The molecule has 9 heteroatoms. The molecule has 0 amide bonds. The fraction of sp³-hybridized carbons (Fsp3) is 0.0333. The largest absolute Gasteiger partial charge is 0.497 e. The number of nitrogens with two attached hydrogens (primary N) is 2. The highest BCUT2D eigenvalue weighted by Gasteiger charge is 2.22. The van der Waals surface area contributed by atoms with Crippen LogP contribution in [0.25, 0.3) is 22.3 Å². The SMILES string of the molecule is COc1ccc(-c2oc3cc(OC(=O)c4ccc(N)cc4)ccc3c(=O)c2OC(=O)c2ccc(N)cc2)cc1. The molecule has 5 aromatic rings. The van der Waals surface area contributed by atoms with Gasteiger partial charge in [0.05, 0.1) is 23.6 Å². The summed E-state index contributed by atoms with van der Waals surface area (Å²) in [7, 11) is 1.53. The Labute approximate surface area is 222 Å². The van der Waals surface area contributed by atoms with Crippen molar-refractivity contribution in [2.24, 2.45) is 0 Å². The topological polar surface area (TPSA) is 144 Å². The first-order valence-electron chi connectivity index (χ1n) is 11.7. The molecule has 194 valence electrons. The zero-order valence-corrected chi connectivity index (χ0v) is 20.7. The summed E-state index contributed by atoms with van der Waals surface area (Å²) in [5, 5.41) is 0.125. The number of nitrogen functional groups attached to an aromatic ring is 2. The first-order valence-corrected chi connectivity index (χ1v) is 11.7. The van der Waals surface area contributed by atoms with Crippen LogP contribution in [0.3, 0.4) is 0 Å². The maximum absolute atomic E-state index is 13.6. The monoisotopic (exact) mass is 522 g/mol. The van der Waals surface area contributed by atoms with E-state index in [4.69, 9.17) is 30.1 Å². The van der Waals surface area contributed by atoms with Gasteiger partial charge in [-0.15, -0.1) is 0 Å². The average Bonchev–Trinajstić information content (AvgIpc) is 2.95. The van der Waals surface area contributed by atoms with Crippen LogP contribution in [0.2, 0.25) is 0 Å². The number of carbonyl (C=O) groups is 2. The van der Waals surface area contributed by atoms with Gasteiger partial charge in [-0.05, 0) is 84.9 Å². The Bertz CT molecular complexity index is 1740. The number of methoxy groups -OCH3 is 1. The van der Waals surface area contributed by atoms with Gasteiger partial charge in [-0.1, -0.05) is 0 Å². The summed E-state index contributed by atoms with van der Waals surface area (Å²) in [5.74, 6) is -0.910. The highest BCUT2D eigenvalue weighted by Crippen LogP contribution is 2.33. The lowest BCUT2D eigenvalue weighted by Crippen LogP contribution is -2.16. The van der Waals surface area contributed by atoms with Crippen LogP contribution in [0.4, 0.5) is 11.4 Å². The number of anilines is 2. The fourth-order valence-corrected chi connectivity index (χ4v) is 3.80. The summed E-state index contributed by atoms with van der Waals surface area (Å²) < 4.78 is 22.3. The molecule has 5 rings (SSSR count). The predicted molar refractivity (Wildman–Crippen MR) is 146 cm³/mol. The zero-order valence-electron chi connectivity index (χ0n) is 20.7. The van der Waals surface area contributed by atoms with Crippen molar-refractivity contribution in [3.8, 4) is 28.6 Å². The number of fused-ring (bicyclic) bond motifs is 1. The van der Waals surface area contributed by atoms with Gasteiger partial charge in [-0.2, -0.15) is 0 Å². The van der Waals surface area contributed by atoms with E-state index >= 15 is 0 Å². The van der Waals surface area contributed by atoms with Crippen molar-refractivity contribution in [3.63, 3.8) is 0 Å². The lowest BCUT2D eigenvalue weighted by atomic mass is 10.1. The molecule has 0 unspecified atom stereocenters. The molecule has 0 spiro atoms. The van der Waals surface area contributed by atoms with Crippen molar-refractivity contribution < 1.29 is 28.2 Å².